The summed E-state index contributed by atoms with van der Waals surface area (Å²) in [6.45, 7) is 2.33. The second-order valence-electron chi connectivity index (χ2n) is 6.51. The van der Waals surface area contributed by atoms with E-state index in [-0.39, 0.29) is 11.9 Å². The zero-order valence-electron chi connectivity index (χ0n) is 13.2. The van der Waals surface area contributed by atoms with Gasteiger partial charge in [0.25, 0.3) is 0 Å². The van der Waals surface area contributed by atoms with Crippen LogP contribution in [0.2, 0.25) is 0 Å². The first kappa shape index (κ1) is 15.5. The third kappa shape index (κ3) is 4.07. The number of hydrogen-bond donors (Lipinski definition) is 2. The molecule has 1 unspecified atom stereocenters. The molecule has 2 aliphatic rings. The van der Waals surface area contributed by atoms with Gasteiger partial charge in [-0.3, -0.25) is 0 Å². The Kier molecular flexibility index (Phi) is 5.43. The van der Waals surface area contributed by atoms with Crippen LogP contribution in [-0.4, -0.2) is 30.9 Å². The van der Waals surface area contributed by atoms with Gasteiger partial charge in [0.2, 0.25) is 5.75 Å². The molecule has 0 spiro atoms. The smallest absolute Gasteiger partial charge is 0.203 e. The van der Waals surface area contributed by atoms with Gasteiger partial charge in [0.05, 0.1) is 0 Å². The molecule has 2 N–H and O–H groups in total. The largest absolute Gasteiger partial charge is 0.504 e. The lowest BCUT2D eigenvalue weighted by atomic mass is 9.86. The molecule has 0 radical (unpaired) electrons. The second-order valence-corrected chi connectivity index (χ2v) is 6.51. The van der Waals surface area contributed by atoms with Crippen LogP contribution in [0.3, 0.4) is 0 Å². The molecule has 0 saturated heterocycles. The molecule has 1 aliphatic carbocycles. The summed E-state index contributed by atoms with van der Waals surface area (Å²) >= 11 is 0. The van der Waals surface area contributed by atoms with Crippen LogP contribution < -0.4 is 14.8 Å². The predicted octanol–water partition coefficient (Wildman–Crippen LogP) is 3.48. The first-order valence-electron chi connectivity index (χ1n) is 8.65. The van der Waals surface area contributed by atoms with Gasteiger partial charge >= 0.3 is 0 Å². The highest BCUT2D eigenvalue weighted by Gasteiger charge is 2.23. The van der Waals surface area contributed by atoms with E-state index in [1.54, 1.807) is 12.1 Å². The molecule has 4 heteroatoms. The van der Waals surface area contributed by atoms with Crippen molar-refractivity contribution in [1.29, 1.82) is 0 Å². The Morgan fingerprint density at radius 3 is 2.91 bits per heavy atom. The van der Waals surface area contributed by atoms with Crippen LogP contribution in [0.25, 0.3) is 0 Å². The maximum Gasteiger partial charge on any atom is 0.203 e. The first-order valence-corrected chi connectivity index (χ1v) is 8.65. The van der Waals surface area contributed by atoms with Crippen LogP contribution in [0.5, 0.6) is 17.2 Å². The average molecular weight is 305 g/mol. The van der Waals surface area contributed by atoms with E-state index in [1.807, 2.05) is 6.07 Å². The number of fused-ring (bicyclic) bond motifs is 1. The minimum atomic E-state index is -0.0320. The van der Waals surface area contributed by atoms with Gasteiger partial charge in [-0.15, -0.1) is 0 Å². The fourth-order valence-corrected chi connectivity index (χ4v) is 3.47. The fraction of sp³-hybridized carbons (Fsp3) is 0.667. The molecule has 22 heavy (non-hydrogen) atoms. The van der Waals surface area contributed by atoms with E-state index in [1.165, 1.54) is 44.9 Å². The lowest BCUT2D eigenvalue weighted by Gasteiger charge is -2.27. The van der Waals surface area contributed by atoms with Crippen LogP contribution in [0.4, 0.5) is 0 Å². The minimum Gasteiger partial charge on any atom is -0.504 e. The third-order valence-corrected chi connectivity index (χ3v) is 4.73. The van der Waals surface area contributed by atoms with Crippen LogP contribution in [-0.2, 0) is 0 Å². The van der Waals surface area contributed by atoms with Gasteiger partial charge in [-0.1, -0.05) is 38.2 Å². The van der Waals surface area contributed by atoms with Crippen molar-refractivity contribution >= 4 is 0 Å². The highest BCUT2D eigenvalue weighted by Crippen LogP contribution is 2.39. The molecule has 0 bridgehead atoms. The Morgan fingerprint density at radius 2 is 2.05 bits per heavy atom. The maximum atomic E-state index is 9.80. The molecule has 4 nitrogen and oxygen atoms in total. The number of benzene rings is 1. The zero-order chi connectivity index (χ0) is 15.2. The third-order valence-electron chi connectivity index (χ3n) is 4.73. The van der Waals surface area contributed by atoms with Crippen molar-refractivity contribution in [2.45, 2.75) is 51.0 Å². The van der Waals surface area contributed by atoms with Gasteiger partial charge < -0.3 is 19.9 Å². The van der Waals surface area contributed by atoms with Crippen LogP contribution in [0, 0.1) is 5.92 Å². The van der Waals surface area contributed by atoms with E-state index < -0.39 is 0 Å². The lowest BCUT2D eigenvalue weighted by Crippen LogP contribution is -2.38. The number of ether oxygens (including phenoxy) is 2. The number of para-hydroxylation sites is 1. The van der Waals surface area contributed by atoms with Gasteiger partial charge in [0, 0.05) is 6.54 Å². The van der Waals surface area contributed by atoms with Crippen molar-refractivity contribution in [2.75, 3.05) is 19.7 Å². The summed E-state index contributed by atoms with van der Waals surface area (Å²) in [5, 5.41) is 13.3. The van der Waals surface area contributed by atoms with Crippen LogP contribution in [0.15, 0.2) is 18.2 Å². The fourth-order valence-electron chi connectivity index (χ4n) is 3.47. The van der Waals surface area contributed by atoms with Gasteiger partial charge in [-0.05, 0) is 37.4 Å². The SMILES string of the molecule is Oc1cccc2c1OC(CNCCCC1CCCCC1)CO2. The number of aromatic hydroxyl groups is 1. The maximum absolute atomic E-state index is 9.80. The van der Waals surface area contributed by atoms with Crippen molar-refractivity contribution in [3.05, 3.63) is 18.2 Å². The standard InChI is InChI=1S/C18H27NO3/c20-16-9-4-10-17-18(16)22-15(13-21-17)12-19-11-5-8-14-6-2-1-3-7-14/h4,9-10,14-15,19-20H,1-3,5-8,11-13H2. The van der Waals surface area contributed by atoms with Gasteiger partial charge in [-0.25, -0.2) is 0 Å². The van der Waals surface area contributed by atoms with Crippen LogP contribution in [0.1, 0.15) is 44.9 Å². The van der Waals surface area contributed by atoms with E-state index >= 15 is 0 Å². The van der Waals surface area contributed by atoms with Crippen LogP contribution >= 0.6 is 0 Å². The topological polar surface area (TPSA) is 50.7 Å². The first-order chi connectivity index (χ1) is 10.8. The Bertz CT molecular complexity index is 471. The summed E-state index contributed by atoms with van der Waals surface area (Å²) in [6.07, 6.45) is 9.68. The molecule has 0 aromatic heterocycles. The Labute approximate surface area is 132 Å². The Balaban J connectivity index is 1.34. The zero-order valence-corrected chi connectivity index (χ0v) is 13.2. The molecule has 3 rings (SSSR count). The summed E-state index contributed by atoms with van der Waals surface area (Å²) in [5.74, 6) is 2.21. The van der Waals surface area contributed by atoms with Crippen molar-refractivity contribution < 1.29 is 14.6 Å². The van der Waals surface area contributed by atoms with E-state index in [2.05, 4.69) is 5.32 Å². The van der Waals surface area contributed by atoms with E-state index in [0.29, 0.717) is 18.1 Å². The Morgan fingerprint density at radius 1 is 1.18 bits per heavy atom. The molecule has 1 aromatic carbocycles. The van der Waals surface area contributed by atoms with E-state index in [0.717, 1.165) is 19.0 Å². The normalized spacial score (nSPS) is 21.7. The van der Waals surface area contributed by atoms with E-state index in [4.69, 9.17) is 9.47 Å². The van der Waals surface area contributed by atoms with Crippen molar-refractivity contribution in [2.24, 2.45) is 5.92 Å². The van der Waals surface area contributed by atoms with Gasteiger partial charge in [-0.2, -0.15) is 0 Å². The molecule has 1 heterocycles. The van der Waals surface area contributed by atoms with Gasteiger partial charge in [0.1, 0.15) is 12.7 Å². The molecular weight excluding hydrogens is 278 g/mol. The second kappa shape index (κ2) is 7.73. The number of hydrogen-bond acceptors (Lipinski definition) is 4. The number of rotatable bonds is 6. The summed E-state index contributed by atoms with van der Waals surface area (Å²) in [4.78, 5) is 0. The molecular formula is C18H27NO3. The minimum absolute atomic E-state index is 0.0320. The molecule has 1 aromatic rings. The summed E-state index contributed by atoms with van der Waals surface area (Å²) < 4.78 is 11.5. The summed E-state index contributed by atoms with van der Waals surface area (Å²) in [7, 11) is 0. The predicted molar refractivity (Wildman–Crippen MR) is 86.7 cm³/mol. The average Bonchev–Trinajstić information content (AvgIpc) is 2.56. The highest BCUT2D eigenvalue weighted by atomic mass is 16.6. The Hall–Kier alpha value is -1.42. The van der Waals surface area contributed by atoms with Crippen molar-refractivity contribution in [3.63, 3.8) is 0 Å². The number of phenolic OH excluding ortho intramolecular Hbond substituents is 1. The lowest BCUT2D eigenvalue weighted by molar-refractivity contribution is 0.0866. The monoisotopic (exact) mass is 305 g/mol. The molecule has 0 amide bonds. The molecule has 1 saturated carbocycles. The van der Waals surface area contributed by atoms with Gasteiger partial charge in [0.15, 0.2) is 11.5 Å². The molecule has 122 valence electrons. The van der Waals surface area contributed by atoms with Crippen molar-refractivity contribution in [1.82, 2.24) is 5.32 Å². The summed E-state index contributed by atoms with van der Waals surface area (Å²) in [6, 6.07) is 5.21. The quantitative estimate of drug-likeness (QED) is 0.790. The highest BCUT2D eigenvalue weighted by molar-refractivity contribution is 5.51. The molecule has 1 fully saturated rings. The number of phenols is 1. The van der Waals surface area contributed by atoms with Crippen molar-refractivity contribution in [3.8, 4) is 17.2 Å². The number of nitrogens with one attached hydrogen (secondary N) is 1. The van der Waals surface area contributed by atoms with E-state index in [9.17, 15) is 5.11 Å². The molecule has 1 atom stereocenters. The molecule has 1 aliphatic heterocycles. The summed E-state index contributed by atoms with van der Waals surface area (Å²) in [5.41, 5.74) is 0.